The second-order valence-electron chi connectivity index (χ2n) is 5.08. The van der Waals surface area contributed by atoms with Crippen molar-refractivity contribution in [1.82, 2.24) is 0 Å². The zero-order valence-electron chi connectivity index (χ0n) is 13.3. The maximum absolute atomic E-state index is 12.8. The fourth-order valence-electron chi connectivity index (χ4n) is 2.13. The van der Waals surface area contributed by atoms with Crippen LogP contribution in [-0.4, -0.2) is 44.9 Å². The van der Waals surface area contributed by atoms with Crippen LogP contribution in [-0.2, 0) is 10.2 Å². The van der Waals surface area contributed by atoms with E-state index >= 15 is 0 Å². The molecule has 0 amide bonds. The van der Waals surface area contributed by atoms with E-state index in [1.54, 1.807) is 24.3 Å². The Kier molecular flexibility index (Phi) is 6.57. The molecule has 0 heterocycles. The number of benzene rings is 2. The van der Waals surface area contributed by atoms with Gasteiger partial charge in [0.05, 0.1) is 29.5 Å². The van der Waals surface area contributed by atoms with Crippen LogP contribution in [0.5, 0.6) is 0 Å². The zero-order valence-corrected chi connectivity index (χ0v) is 14.1. The second-order valence-corrected chi connectivity index (χ2v) is 6.43. The van der Waals surface area contributed by atoms with E-state index in [2.05, 4.69) is 10.2 Å². The van der Waals surface area contributed by atoms with Gasteiger partial charge in [-0.05, 0) is 48.5 Å². The Morgan fingerprint density at radius 2 is 1.28 bits per heavy atom. The maximum Gasteiger partial charge on any atom is 0.332 e. The molecule has 0 fully saturated rings. The minimum Gasteiger partial charge on any atom is -0.395 e. The number of hydrogen-bond donors (Lipinski definition) is 2. The third-order valence-corrected chi connectivity index (χ3v) is 4.19. The fourth-order valence-corrected chi connectivity index (χ4v) is 2.59. The Bertz CT molecular complexity index is 802. The van der Waals surface area contributed by atoms with E-state index in [0.717, 1.165) is 17.8 Å². The van der Waals surface area contributed by atoms with Gasteiger partial charge in [0.1, 0.15) is 0 Å². The molecule has 2 rings (SSSR count). The van der Waals surface area contributed by atoms with Crippen LogP contribution < -0.4 is 4.90 Å². The first-order valence-electron chi connectivity index (χ1n) is 7.47. The molecule has 0 saturated heterocycles. The summed E-state index contributed by atoms with van der Waals surface area (Å²) in [5, 5.41) is 26.1. The summed E-state index contributed by atoms with van der Waals surface area (Å²) >= 11 is 0. The van der Waals surface area contributed by atoms with Crippen molar-refractivity contribution in [3.8, 4) is 0 Å². The second kappa shape index (κ2) is 8.65. The van der Waals surface area contributed by atoms with Crippen molar-refractivity contribution in [3.05, 3.63) is 48.5 Å². The lowest BCUT2D eigenvalue weighted by molar-refractivity contribution is 0.281. The topological polar surface area (TPSA) is 103 Å². The maximum atomic E-state index is 12.8. The monoisotopic (exact) mass is 367 g/mol. The molecule has 0 saturated carbocycles. The van der Waals surface area contributed by atoms with Gasteiger partial charge in [0.25, 0.3) is 0 Å². The summed E-state index contributed by atoms with van der Waals surface area (Å²) < 4.78 is 34.3. The van der Waals surface area contributed by atoms with Gasteiger partial charge in [0, 0.05) is 18.8 Å². The molecule has 134 valence electrons. The number of aliphatic hydroxyl groups is 2. The molecule has 7 nitrogen and oxygen atoms in total. The molecule has 0 aliphatic carbocycles. The average Bonchev–Trinajstić information content (AvgIpc) is 2.60. The Labute approximate surface area is 145 Å². The SMILES string of the molecule is O=S(=O)(F)c1ccc(/N=N/c2ccc(N(CCO)CCO)cc2)cc1. The molecule has 0 aromatic heterocycles. The van der Waals surface area contributed by atoms with Gasteiger partial charge >= 0.3 is 10.2 Å². The molecule has 0 atom stereocenters. The van der Waals surface area contributed by atoms with Gasteiger partial charge in [-0.1, -0.05) is 0 Å². The highest BCUT2D eigenvalue weighted by atomic mass is 32.3. The highest BCUT2D eigenvalue weighted by Gasteiger charge is 2.10. The molecule has 9 heteroatoms. The van der Waals surface area contributed by atoms with Gasteiger partial charge in [-0.15, -0.1) is 3.89 Å². The molecule has 2 aromatic carbocycles. The van der Waals surface area contributed by atoms with E-state index in [9.17, 15) is 12.3 Å². The molecule has 2 N–H and O–H groups in total. The van der Waals surface area contributed by atoms with Crippen LogP contribution >= 0.6 is 0 Å². The van der Waals surface area contributed by atoms with Gasteiger partial charge in [0.15, 0.2) is 0 Å². The molecule has 25 heavy (non-hydrogen) atoms. The van der Waals surface area contributed by atoms with Gasteiger partial charge in [-0.2, -0.15) is 18.6 Å². The lowest BCUT2D eigenvalue weighted by Gasteiger charge is -2.22. The molecule has 0 aliphatic rings. The van der Waals surface area contributed by atoms with Crippen LogP contribution in [0, 0.1) is 0 Å². The van der Waals surface area contributed by atoms with Crippen molar-refractivity contribution < 1.29 is 22.5 Å². The van der Waals surface area contributed by atoms with Crippen molar-refractivity contribution in [3.63, 3.8) is 0 Å². The number of nitrogens with zero attached hydrogens (tertiary/aromatic N) is 3. The molecule has 0 bridgehead atoms. The van der Waals surface area contributed by atoms with Crippen molar-refractivity contribution in [2.75, 3.05) is 31.2 Å². The minimum absolute atomic E-state index is 0.0218. The number of anilines is 1. The number of hydrogen-bond acceptors (Lipinski definition) is 7. The molecular formula is C16H18FN3O4S. The van der Waals surface area contributed by atoms with E-state index < -0.39 is 15.1 Å². The summed E-state index contributed by atoms with van der Waals surface area (Å²) in [5.41, 5.74) is 1.79. The third kappa shape index (κ3) is 5.59. The third-order valence-electron chi connectivity index (χ3n) is 3.35. The first kappa shape index (κ1) is 19.0. The molecule has 0 radical (unpaired) electrons. The van der Waals surface area contributed by atoms with Crippen LogP contribution in [0.25, 0.3) is 0 Å². The van der Waals surface area contributed by atoms with E-state index in [4.69, 9.17) is 10.2 Å². The van der Waals surface area contributed by atoms with Crippen molar-refractivity contribution in [2.24, 2.45) is 10.2 Å². The predicted octanol–water partition coefficient (Wildman–Crippen LogP) is 2.55. The smallest absolute Gasteiger partial charge is 0.332 e. The summed E-state index contributed by atoms with van der Waals surface area (Å²) in [5.74, 6) is 0. The Morgan fingerprint density at radius 1 is 0.840 bits per heavy atom. The van der Waals surface area contributed by atoms with Gasteiger partial charge < -0.3 is 15.1 Å². The minimum atomic E-state index is -4.72. The summed E-state index contributed by atoms with van der Waals surface area (Å²) in [4.78, 5) is 1.40. The summed E-state index contributed by atoms with van der Waals surface area (Å²) in [6.45, 7) is 0.772. The summed E-state index contributed by atoms with van der Waals surface area (Å²) in [6, 6.07) is 12.0. The quantitative estimate of drug-likeness (QED) is 0.551. The van der Waals surface area contributed by atoms with Crippen LogP contribution in [0.1, 0.15) is 0 Å². The average molecular weight is 367 g/mol. The molecule has 0 unspecified atom stereocenters. The first-order valence-corrected chi connectivity index (χ1v) is 8.85. The lowest BCUT2D eigenvalue weighted by Crippen LogP contribution is -2.29. The molecule has 0 aliphatic heterocycles. The van der Waals surface area contributed by atoms with Gasteiger partial charge in [0.2, 0.25) is 0 Å². The van der Waals surface area contributed by atoms with Gasteiger partial charge in [-0.3, -0.25) is 0 Å². The molecule has 2 aromatic rings. The zero-order chi connectivity index (χ0) is 18.3. The molecular weight excluding hydrogens is 349 g/mol. The van der Waals surface area contributed by atoms with Crippen LogP contribution in [0.15, 0.2) is 63.7 Å². The van der Waals surface area contributed by atoms with E-state index in [-0.39, 0.29) is 13.2 Å². The summed E-state index contributed by atoms with van der Waals surface area (Å²) in [7, 11) is -4.72. The predicted molar refractivity (Wildman–Crippen MR) is 91.7 cm³/mol. The van der Waals surface area contributed by atoms with E-state index in [1.165, 1.54) is 12.1 Å². The Balaban J connectivity index is 2.08. The Hall–Kier alpha value is -2.36. The van der Waals surface area contributed by atoms with Crippen LogP contribution in [0.3, 0.4) is 0 Å². The number of halogens is 1. The van der Waals surface area contributed by atoms with E-state index in [0.29, 0.717) is 24.5 Å². The number of aliphatic hydroxyl groups excluding tert-OH is 2. The standard InChI is InChI=1S/C16H18FN3O4S/c17-25(23,24)16-7-3-14(4-8-16)19-18-13-1-5-15(6-2-13)20(9-11-21)10-12-22/h1-8,21-22H,9-12H2/b19-18+. The van der Waals surface area contributed by atoms with Gasteiger partial charge in [-0.25, -0.2) is 0 Å². The lowest BCUT2D eigenvalue weighted by atomic mass is 10.2. The highest BCUT2D eigenvalue weighted by molar-refractivity contribution is 7.86. The van der Waals surface area contributed by atoms with E-state index in [1.807, 2.05) is 4.90 Å². The number of rotatable bonds is 8. The largest absolute Gasteiger partial charge is 0.395 e. The molecule has 0 spiro atoms. The number of azo groups is 1. The van der Waals surface area contributed by atoms with Crippen molar-refractivity contribution in [2.45, 2.75) is 4.90 Å². The summed E-state index contributed by atoms with van der Waals surface area (Å²) in [6.07, 6.45) is 0. The van der Waals surface area contributed by atoms with Crippen molar-refractivity contribution in [1.29, 1.82) is 0 Å². The Morgan fingerprint density at radius 3 is 1.68 bits per heavy atom. The highest BCUT2D eigenvalue weighted by Crippen LogP contribution is 2.23. The normalized spacial score (nSPS) is 11.8. The van der Waals surface area contributed by atoms with Crippen molar-refractivity contribution >= 4 is 27.3 Å². The van der Waals surface area contributed by atoms with Crippen LogP contribution in [0.2, 0.25) is 0 Å². The van der Waals surface area contributed by atoms with Crippen LogP contribution in [0.4, 0.5) is 20.9 Å². The first-order chi connectivity index (χ1) is 11.9. The fraction of sp³-hybridized carbons (Fsp3) is 0.250.